The van der Waals surface area contributed by atoms with E-state index in [4.69, 9.17) is 16.7 Å². The number of hydrazone groups is 1. The van der Waals surface area contributed by atoms with Gasteiger partial charge in [-0.3, -0.25) is 5.01 Å². The second kappa shape index (κ2) is 5.58. The summed E-state index contributed by atoms with van der Waals surface area (Å²) in [5.74, 6) is -0.925. The van der Waals surface area contributed by atoms with Gasteiger partial charge in [0.15, 0.2) is 0 Å². The Labute approximate surface area is 127 Å². The third-order valence-corrected chi connectivity index (χ3v) is 3.61. The average Bonchev–Trinajstić information content (AvgIpc) is 2.97. The molecule has 2 aromatic carbocycles. The van der Waals surface area contributed by atoms with Crippen LogP contribution in [0, 0.1) is 0 Å². The summed E-state index contributed by atoms with van der Waals surface area (Å²) in [6.45, 7) is 0.772. The molecule has 1 aliphatic heterocycles. The molecule has 0 bridgehead atoms. The maximum absolute atomic E-state index is 10.8. The van der Waals surface area contributed by atoms with E-state index in [0.717, 1.165) is 29.9 Å². The molecule has 1 N–H and O–H groups in total. The Morgan fingerprint density at radius 1 is 1.19 bits per heavy atom. The van der Waals surface area contributed by atoms with Gasteiger partial charge in [0.1, 0.15) is 0 Å². The summed E-state index contributed by atoms with van der Waals surface area (Å²) in [7, 11) is 0. The first-order valence-electron chi connectivity index (χ1n) is 6.58. The molecular weight excluding hydrogens is 288 g/mol. The van der Waals surface area contributed by atoms with Gasteiger partial charge in [-0.15, -0.1) is 0 Å². The fraction of sp³-hybridized carbons (Fsp3) is 0.125. The van der Waals surface area contributed by atoms with E-state index in [1.165, 1.54) is 0 Å². The summed E-state index contributed by atoms with van der Waals surface area (Å²) in [4.78, 5) is 10.8. The number of carboxylic acid groups (broad SMARTS) is 1. The van der Waals surface area contributed by atoms with E-state index in [0.29, 0.717) is 5.02 Å². The summed E-state index contributed by atoms with van der Waals surface area (Å²) in [5, 5.41) is 16.1. The predicted octanol–water partition coefficient (Wildman–Crippen LogP) is 3.65. The van der Waals surface area contributed by atoms with Crippen molar-refractivity contribution in [2.45, 2.75) is 6.42 Å². The van der Waals surface area contributed by atoms with Gasteiger partial charge in [0.05, 0.1) is 17.0 Å². The number of hydrogen-bond donors (Lipinski definition) is 1. The number of hydrogen-bond acceptors (Lipinski definition) is 3. The van der Waals surface area contributed by atoms with Crippen LogP contribution in [0.2, 0.25) is 5.02 Å². The number of benzene rings is 2. The number of halogens is 1. The van der Waals surface area contributed by atoms with Crippen LogP contribution in [0.5, 0.6) is 0 Å². The summed E-state index contributed by atoms with van der Waals surface area (Å²) in [6, 6.07) is 14.4. The third-order valence-electron chi connectivity index (χ3n) is 3.37. The second-order valence-corrected chi connectivity index (χ2v) is 5.22. The zero-order valence-corrected chi connectivity index (χ0v) is 11.9. The van der Waals surface area contributed by atoms with Crippen molar-refractivity contribution in [3.63, 3.8) is 0 Å². The van der Waals surface area contributed by atoms with Crippen LogP contribution in [0.25, 0.3) is 0 Å². The lowest BCUT2D eigenvalue weighted by atomic mass is 10.1. The molecule has 0 atom stereocenters. The SMILES string of the molecule is O=C(O)c1ccc(N2CCC(c3cccc(Cl)c3)=N2)cc1. The number of anilines is 1. The topological polar surface area (TPSA) is 52.9 Å². The molecule has 0 unspecified atom stereocenters. The van der Waals surface area contributed by atoms with Crippen LogP contribution >= 0.6 is 11.6 Å². The summed E-state index contributed by atoms with van der Waals surface area (Å²) in [6.07, 6.45) is 0.834. The highest BCUT2D eigenvalue weighted by molar-refractivity contribution is 6.31. The molecule has 2 aromatic rings. The van der Waals surface area contributed by atoms with E-state index in [-0.39, 0.29) is 5.56 Å². The lowest BCUT2D eigenvalue weighted by molar-refractivity contribution is 0.0697. The van der Waals surface area contributed by atoms with Gasteiger partial charge in [0.25, 0.3) is 0 Å². The number of nitrogens with zero attached hydrogens (tertiary/aromatic N) is 2. The summed E-state index contributed by atoms with van der Waals surface area (Å²) < 4.78 is 0. The molecule has 4 nitrogen and oxygen atoms in total. The molecule has 0 radical (unpaired) electrons. The molecule has 0 amide bonds. The highest BCUT2D eigenvalue weighted by Crippen LogP contribution is 2.23. The molecular formula is C16H13ClN2O2. The molecule has 0 fully saturated rings. The van der Waals surface area contributed by atoms with E-state index >= 15 is 0 Å². The van der Waals surface area contributed by atoms with E-state index in [2.05, 4.69) is 5.10 Å². The van der Waals surface area contributed by atoms with Gasteiger partial charge in [-0.2, -0.15) is 5.10 Å². The van der Waals surface area contributed by atoms with Crippen LogP contribution in [-0.2, 0) is 0 Å². The third kappa shape index (κ3) is 2.90. The highest BCUT2D eigenvalue weighted by atomic mass is 35.5. The van der Waals surface area contributed by atoms with Crippen molar-refractivity contribution in [3.8, 4) is 0 Å². The van der Waals surface area contributed by atoms with Crippen LogP contribution in [0.1, 0.15) is 22.3 Å². The van der Waals surface area contributed by atoms with Crippen molar-refractivity contribution in [1.82, 2.24) is 0 Å². The fourth-order valence-electron chi connectivity index (χ4n) is 2.29. The summed E-state index contributed by atoms with van der Waals surface area (Å²) in [5.41, 5.74) is 3.17. The Kier molecular flexibility index (Phi) is 3.62. The van der Waals surface area contributed by atoms with Crippen molar-refractivity contribution >= 4 is 29.0 Å². The number of carbonyl (C=O) groups is 1. The van der Waals surface area contributed by atoms with Crippen molar-refractivity contribution < 1.29 is 9.90 Å². The molecule has 1 aliphatic rings. The van der Waals surface area contributed by atoms with Crippen LogP contribution in [0.3, 0.4) is 0 Å². The fourth-order valence-corrected chi connectivity index (χ4v) is 2.48. The molecule has 106 valence electrons. The second-order valence-electron chi connectivity index (χ2n) is 4.78. The molecule has 0 spiro atoms. The Hall–Kier alpha value is -2.33. The molecule has 0 saturated carbocycles. The maximum Gasteiger partial charge on any atom is 0.335 e. The minimum absolute atomic E-state index is 0.275. The van der Waals surface area contributed by atoms with E-state index in [9.17, 15) is 4.79 Å². The van der Waals surface area contributed by atoms with Crippen LogP contribution in [0.4, 0.5) is 5.69 Å². The Morgan fingerprint density at radius 3 is 2.62 bits per heavy atom. The predicted molar refractivity (Wildman–Crippen MR) is 83.4 cm³/mol. The van der Waals surface area contributed by atoms with Gasteiger partial charge in [0.2, 0.25) is 0 Å². The van der Waals surface area contributed by atoms with E-state index in [1.54, 1.807) is 24.3 Å². The van der Waals surface area contributed by atoms with E-state index in [1.807, 2.05) is 29.3 Å². The molecule has 21 heavy (non-hydrogen) atoms. The first kappa shape index (κ1) is 13.6. The Bertz CT molecular complexity index is 710. The van der Waals surface area contributed by atoms with Crippen LogP contribution in [0.15, 0.2) is 53.6 Å². The monoisotopic (exact) mass is 300 g/mol. The molecule has 1 heterocycles. The smallest absolute Gasteiger partial charge is 0.335 e. The van der Waals surface area contributed by atoms with E-state index < -0.39 is 5.97 Å². The molecule has 5 heteroatoms. The largest absolute Gasteiger partial charge is 0.478 e. The normalized spacial score (nSPS) is 14.1. The number of rotatable bonds is 3. The molecule has 0 saturated heterocycles. The van der Waals surface area contributed by atoms with Crippen molar-refractivity contribution in [2.75, 3.05) is 11.6 Å². The first-order chi connectivity index (χ1) is 10.1. The van der Waals surface area contributed by atoms with Crippen LogP contribution < -0.4 is 5.01 Å². The zero-order chi connectivity index (χ0) is 14.8. The highest BCUT2D eigenvalue weighted by Gasteiger charge is 2.17. The summed E-state index contributed by atoms with van der Waals surface area (Å²) >= 11 is 6.00. The van der Waals surface area contributed by atoms with Crippen molar-refractivity contribution in [1.29, 1.82) is 0 Å². The molecule has 3 rings (SSSR count). The Balaban J connectivity index is 1.83. The minimum atomic E-state index is -0.925. The number of carboxylic acids is 1. The van der Waals surface area contributed by atoms with Crippen LogP contribution in [-0.4, -0.2) is 23.3 Å². The van der Waals surface area contributed by atoms with Gasteiger partial charge >= 0.3 is 5.97 Å². The molecule has 0 aromatic heterocycles. The maximum atomic E-state index is 10.8. The van der Waals surface area contributed by atoms with Gasteiger partial charge in [-0.25, -0.2) is 4.79 Å². The average molecular weight is 301 g/mol. The lowest BCUT2D eigenvalue weighted by Gasteiger charge is -2.13. The number of aromatic carboxylic acids is 1. The first-order valence-corrected chi connectivity index (χ1v) is 6.95. The minimum Gasteiger partial charge on any atom is -0.478 e. The van der Waals surface area contributed by atoms with Crippen molar-refractivity contribution in [2.24, 2.45) is 5.10 Å². The zero-order valence-electron chi connectivity index (χ0n) is 11.2. The van der Waals surface area contributed by atoms with Gasteiger partial charge < -0.3 is 5.11 Å². The van der Waals surface area contributed by atoms with Crippen molar-refractivity contribution in [3.05, 3.63) is 64.7 Å². The quantitative estimate of drug-likeness (QED) is 0.941. The van der Waals surface area contributed by atoms with Gasteiger partial charge in [0, 0.05) is 18.0 Å². The standard InChI is InChI=1S/C16H13ClN2O2/c17-13-3-1-2-12(10-13)15-8-9-19(18-15)14-6-4-11(5-7-14)16(20)21/h1-7,10H,8-9H2,(H,20,21). The molecule has 0 aliphatic carbocycles. The van der Waals surface area contributed by atoms with Gasteiger partial charge in [-0.05, 0) is 42.0 Å². The van der Waals surface area contributed by atoms with Gasteiger partial charge in [-0.1, -0.05) is 23.7 Å². The Morgan fingerprint density at radius 2 is 1.95 bits per heavy atom. The lowest BCUT2D eigenvalue weighted by Crippen LogP contribution is -2.11.